The normalized spacial score (nSPS) is 9.68. The SMILES string of the molecule is N#Cc1cc(C(=O)NCc2ccccc2F)ccn1. The van der Waals surface area contributed by atoms with E-state index in [9.17, 15) is 9.18 Å². The zero-order valence-electron chi connectivity index (χ0n) is 9.93. The fraction of sp³-hybridized carbons (Fsp3) is 0.0714. The predicted octanol–water partition coefficient (Wildman–Crippen LogP) is 2.02. The minimum Gasteiger partial charge on any atom is -0.348 e. The van der Waals surface area contributed by atoms with Gasteiger partial charge in [-0.25, -0.2) is 9.37 Å². The first-order chi connectivity index (χ1) is 9.20. The number of pyridine rings is 1. The molecule has 1 N–H and O–H groups in total. The number of aromatic nitrogens is 1. The number of hydrogen-bond acceptors (Lipinski definition) is 3. The molecule has 0 radical (unpaired) electrons. The number of rotatable bonds is 3. The first-order valence-corrected chi connectivity index (χ1v) is 5.58. The van der Waals surface area contributed by atoms with Gasteiger partial charge in [-0.3, -0.25) is 4.79 Å². The smallest absolute Gasteiger partial charge is 0.251 e. The van der Waals surface area contributed by atoms with Gasteiger partial charge in [0.1, 0.15) is 17.6 Å². The van der Waals surface area contributed by atoms with Gasteiger partial charge in [0, 0.05) is 23.9 Å². The minimum absolute atomic E-state index is 0.0930. The minimum atomic E-state index is -0.373. The zero-order chi connectivity index (χ0) is 13.7. The van der Waals surface area contributed by atoms with Gasteiger partial charge in [0.05, 0.1) is 0 Å². The molecule has 0 saturated heterocycles. The van der Waals surface area contributed by atoms with Crippen LogP contribution in [0.2, 0.25) is 0 Å². The van der Waals surface area contributed by atoms with E-state index in [-0.39, 0.29) is 24.0 Å². The number of halogens is 1. The van der Waals surface area contributed by atoms with Gasteiger partial charge in [-0.2, -0.15) is 5.26 Å². The number of carbonyl (C=O) groups excluding carboxylic acids is 1. The topological polar surface area (TPSA) is 65.8 Å². The van der Waals surface area contributed by atoms with Gasteiger partial charge in [-0.05, 0) is 18.2 Å². The number of benzene rings is 1. The molecule has 5 heteroatoms. The lowest BCUT2D eigenvalue weighted by atomic mass is 10.2. The molecule has 1 aromatic heterocycles. The van der Waals surface area contributed by atoms with Gasteiger partial charge in [-0.1, -0.05) is 18.2 Å². The second-order valence-corrected chi connectivity index (χ2v) is 3.82. The highest BCUT2D eigenvalue weighted by atomic mass is 19.1. The van der Waals surface area contributed by atoms with Crippen molar-refractivity contribution < 1.29 is 9.18 Å². The van der Waals surface area contributed by atoms with Gasteiger partial charge in [0.2, 0.25) is 0 Å². The van der Waals surface area contributed by atoms with Crippen LogP contribution in [0.3, 0.4) is 0 Å². The quantitative estimate of drug-likeness (QED) is 0.912. The molecule has 0 spiro atoms. The van der Waals surface area contributed by atoms with E-state index >= 15 is 0 Å². The summed E-state index contributed by atoms with van der Waals surface area (Å²) in [5.41, 5.74) is 0.895. The fourth-order valence-electron chi connectivity index (χ4n) is 1.55. The van der Waals surface area contributed by atoms with E-state index in [1.165, 1.54) is 24.4 Å². The Morgan fingerprint density at radius 1 is 1.37 bits per heavy atom. The zero-order valence-corrected chi connectivity index (χ0v) is 9.93. The second kappa shape index (κ2) is 5.74. The Hall–Kier alpha value is -2.74. The van der Waals surface area contributed by atoms with Gasteiger partial charge in [-0.15, -0.1) is 0 Å². The summed E-state index contributed by atoms with van der Waals surface area (Å²) in [7, 11) is 0. The van der Waals surface area contributed by atoms with E-state index in [0.717, 1.165) is 0 Å². The molecule has 94 valence electrons. The molecule has 0 atom stereocenters. The molecule has 1 aromatic carbocycles. The average molecular weight is 255 g/mol. The molecule has 19 heavy (non-hydrogen) atoms. The number of amides is 1. The van der Waals surface area contributed by atoms with Crippen molar-refractivity contribution in [3.63, 3.8) is 0 Å². The second-order valence-electron chi connectivity index (χ2n) is 3.82. The Labute approximate surface area is 109 Å². The maximum atomic E-state index is 13.4. The van der Waals surface area contributed by atoms with Crippen LogP contribution in [0.5, 0.6) is 0 Å². The number of nitrogens with zero attached hydrogens (tertiary/aromatic N) is 2. The van der Waals surface area contributed by atoms with Gasteiger partial charge >= 0.3 is 0 Å². The summed E-state index contributed by atoms with van der Waals surface area (Å²) in [6.07, 6.45) is 1.39. The van der Waals surface area contributed by atoms with Crippen molar-refractivity contribution in [1.29, 1.82) is 5.26 Å². The Morgan fingerprint density at radius 2 is 2.16 bits per heavy atom. The summed E-state index contributed by atoms with van der Waals surface area (Å²) < 4.78 is 13.4. The summed E-state index contributed by atoms with van der Waals surface area (Å²) in [4.78, 5) is 15.6. The third-order valence-corrected chi connectivity index (χ3v) is 2.53. The van der Waals surface area contributed by atoms with Crippen LogP contribution >= 0.6 is 0 Å². The van der Waals surface area contributed by atoms with Crippen LogP contribution in [0.4, 0.5) is 4.39 Å². The molecule has 0 saturated carbocycles. The van der Waals surface area contributed by atoms with E-state index in [4.69, 9.17) is 5.26 Å². The van der Waals surface area contributed by atoms with Crippen LogP contribution in [-0.4, -0.2) is 10.9 Å². The molecule has 1 amide bonds. The maximum absolute atomic E-state index is 13.4. The molecule has 0 unspecified atom stereocenters. The number of carbonyl (C=O) groups is 1. The molecule has 0 aliphatic heterocycles. The molecular formula is C14H10FN3O. The van der Waals surface area contributed by atoms with Crippen LogP contribution in [0, 0.1) is 17.1 Å². The highest BCUT2D eigenvalue weighted by Crippen LogP contribution is 2.06. The first kappa shape index (κ1) is 12.7. The van der Waals surface area contributed by atoms with E-state index in [2.05, 4.69) is 10.3 Å². The van der Waals surface area contributed by atoms with Crippen LogP contribution in [-0.2, 0) is 6.54 Å². The predicted molar refractivity (Wildman–Crippen MR) is 66.5 cm³/mol. The molecule has 0 aliphatic rings. The standard InChI is InChI=1S/C14H10FN3O/c15-13-4-2-1-3-11(13)9-18-14(19)10-5-6-17-12(7-10)8-16/h1-7H,9H2,(H,18,19). The molecule has 0 bridgehead atoms. The van der Waals surface area contributed by atoms with E-state index < -0.39 is 0 Å². The lowest BCUT2D eigenvalue weighted by molar-refractivity contribution is 0.0950. The molecule has 1 heterocycles. The van der Waals surface area contributed by atoms with Crippen LogP contribution < -0.4 is 5.32 Å². The Bertz CT molecular complexity index is 649. The average Bonchev–Trinajstić information content (AvgIpc) is 2.46. The summed E-state index contributed by atoms with van der Waals surface area (Å²) in [6.45, 7) is 0.0930. The molecule has 2 rings (SSSR count). The van der Waals surface area contributed by atoms with Crippen molar-refractivity contribution in [3.05, 3.63) is 65.2 Å². The Kier molecular flexibility index (Phi) is 3.84. The van der Waals surface area contributed by atoms with Crippen molar-refractivity contribution in [2.75, 3.05) is 0 Å². The van der Waals surface area contributed by atoms with Crippen LogP contribution in [0.15, 0.2) is 42.6 Å². The fourth-order valence-corrected chi connectivity index (χ4v) is 1.55. The molecule has 0 fully saturated rings. The third kappa shape index (κ3) is 3.13. The van der Waals surface area contributed by atoms with Gasteiger partial charge < -0.3 is 5.32 Å². The first-order valence-electron chi connectivity index (χ1n) is 5.58. The molecule has 2 aromatic rings. The number of nitriles is 1. The van der Waals surface area contributed by atoms with Crippen LogP contribution in [0.25, 0.3) is 0 Å². The third-order valence-electron chi connectivity index (χ3n) is 2.53. The Morgan fingerprint density at radius 3 is 2.89 bits per heavy atom. The highest BCUT2D eigenvalue weighted by Gasteiger charge is 2.08. The van der Waals surface area contributed by atoms with Crippen molar-refractivity contribution in [2.24, 2.45) is 0 Å². The van der Waals surface area contributed by atoms with Gasteiger partial charge in [0.15, 0.2) is 0 Å². The van der Waals surface area contributed by atoms with E-state index in [0.29, 0.717) is 11.1 Å². The van der Waals surface area contributed by atoms with Crippen LogP contribution in [0.1, 0.15) is 21.6 Å². The van der Waals surface area contributed by atoms with Gasteiger partial charge in [0.25, 0.3) is 5.91 Å². The lowest BCUT2D eigenvalue weighted by Crippen LogP contribution is -2.23. The van der Waals surface area contributed by atoms with E-state index in [1.807, 2.05) is 6.07 Å². The molecular weight excluding hydrogens is 245 g/mol. The van der Waals surface area contributed by atoms with Crippen molar-refractivity contribution in [2.45, 2.75) is 6.54 Å². The maximum Gasteiger partial charge on any atom is 0.251 e. The summed E-state index contributed by atoms with van der Waals surface area (Å²) in [5, 5.41) is 11.3. The largest absolute Gasteiger partial charge is 0.348 e. The molecule has 4 nitrogen and oxygen atoms in total. The number of hydrogen-bond donors (Lipinski definition) is 1. The van der Waals surface area contributed by atoms with Crippen molar-refractivity contribution in [1.82, 2.24) is 10.3 Å². The summed E-state index contributed by atoms with van der Waals surface area (Å²) >= 11 is 0. The van der Waals surface area contributed by atoms with Crippen molar-refractivity contribution >= 4 is 5.91 Å². The number of nitrogens with one attached hydrogen (secondary N) is 1. The Balaban J connectivity index is 2.06. The van der Waals surface area contributed by atoms with E-state index in [1.54, 1.807) is 18.2 Å². The lowest BCUT2D eigenvalue weighted by Gasteiger charge is -2.06. The highest BCUT2D eigenvalue weighted by molar-refractivity contribution is 5.94. The summed E-state index contributed by atoms with van der Waals surface area (Å²) in [5.74, 6) is -0.739. The summed E-state index contributed by atoms with van der Waals surface area (Å²) in [6, 6.07) is 11.0. The monoisotopic (exact) mass is 255 g/mol. The molecule has 0 aliphatic carbocycles. The van der Waals surface area contributed by atoms with Crippen molar-refractivity contribution in [3.8, 4) is 6.07 Å².